The zero-order valence-electron chi connectivity index (χ0n) is 25.4. The largest absolute Gasteiger partial charge is 0.458 e. The van der Waals surface area contributed by atoms with Crippen molar-refractivity contribution < 1.29 is 13.9 Å². The van der Waals surface area contributed by atoms with Crippen molar-refractivity contribution in [1.29, 1.82) is 0 Å². The smallest absolute Gasteiger partial charge is 0.260 e. The number of thiophene rings is 1. The average molecular weight is 632 g/mol. The number of furan rings is 1. The number of aromatic nitrogens is 1. The van der Waals surface area contributed by atoms with Gasteiger partial charge in [-0.1, -0.05) is 91.0 Å². The van der Waals surface area contributed by atoms with E-state index in [1.54, 1.807) is 0 Å². The molecule has 0 spiro atoms. The Morgan fingerprint density at radius 1 is 0.542 bits per heavy atom. The van der Waals surface area contributed by atoms with E-state index in [4.69, 9.17) is 13.9 Å². The Morgan fingerprint density at radius 2 is 1.17 bits per heavy atom. The Balaban J connectivity index is 1.27. The molecule has 0 N–H and O–H groups in total. The van der Waals surface area contributed by atoms with Crippen molar-refractivity contribution in [1.82, 2.24) is 4.57 Å². The molecule has 0 saturated heterocycles. The molecular weight excluding hydrogens is 609 g/mol. The van der Waals surface area contributed by atoms with Crippen molar-refractivity contribution in [2.24, 2.45) is 0 Å². The first-order chi connectivity index (χ1) is 23.8. The zero-order valence-corrected chi connectivity index (χ0v) is 26.2. The number of hydrogen-bond acceptors (Lipinski definition) is 4. The van der Waals surface area contributed by atoms with Gasteiger partial charge < -0.3 is 18.5 Å². The summed E-state index contributed by atoms with van der Waals surface area (Å²) in [5.41, 5.74) is 8.44. The number of hydrogen-bond donors (Lipinski definition) is 0. The highest BCUT2D eigenvalue weighted by atomic mass is 32.1. The van der Waals surface area contributed by atoms with E-state index in [0.29, 0.717) is 0 Å². The van der Waals surface area contributed by atoms with Gasteiger partial charge in [-0.3, -0.25) is 0 Å². The molecule has 48 heavy (non-hydrogen) atoms. The third kappa shape index (κ3) is 3.06. The molecule has 0 bridgehead atoms. The lowest BCUT2D eigenvalue weighted by atomic mass is 9.35. The number of nitrogens with zero attached hydrogens (tertiary/aromatic N) is 1. The molecule has 12 rings (SSSR count). The van der Waals surface area contributed by atoms with Gasteiger partial charge in [0, 0.05) is 53.9 Å². The minimum absolute atomic E-state index is 0.0276. The maximum absolute atomic E-state index is 6.81. The Hall–Kier alpha value is -5.98. The van der Waals surface area contributed by atoms with Crippen LogP contribution < -0.4 is 25.9 Å². The zero-order chi connectivity index (χ0) is 31.1. The average Bonchev–Trinajstić information content (AvgIpc) is 3.81. The van der Waals surface area contributed by atoms with Gasteiger partial charge in [0.15, 0.2) is 0 Å². The molecule has 0 aliphatic carbocycles. The number of ether oxygens (including phenoxy) is 2. The molecule has 4 nitrogen and oxygen atoms in total. The molecule has 0 unspecified atom stereocenters. The predicted octanol–water partition coefficient (Wildman–Crippen LogP) is 9.78. The van der Waals surface area contributed by atoms with E-state index < -0.39 is 0 Å². The van der Waals surface area contributed by atoms with Crippen LogP contribution in [0.3, 0.4) is 0 Å². The van der Waals surface area contributed by atoms with E-state index >= 15 is 0 Å². The van der Waals surface area contributed by atoms with Gasteiger partial charge in [0.1, 0.15) is 34.2 Å². The Morgan fingerprint density at radius 3 is 1.94 bits per heavy atom. The lowest BCUT2D eigenvalue weighted by Crippen LogP contribution is -2.57. The predicted molar refractivity (Wildman–Crippen MR) is 199 cm³/mol. The molecule has 3 aromatic heterocycles. The maximum Gasteiger partial charge on any atom is 0.260 e. The van der Waals surface area contributed by atoms with Gasteiger partial charge >= 0.3 is 0 Å². The summed E-state index contributed by atoms with van der Waals surface area (Å²) in [6.45, 7) is 0.0276. The second-order valence-electron chi connectivity index (χ2n) is 12.7. The molecule has 0 fully saturated rings. The van der Waals surface area contributed by atoms with Crippen molar-refractivity contribution >= 4 is 98.4 Å². The summed E-state index contributed by atoms with van der Waals surface area (Å²) in [6, 6.07) is 47.0. The molecule has 2 aliphatic heterocycles. The Kier molecular flexibility index (Phi) is 4.65. The van der Waals surface area contributed by atoms with Crippen molar-refractivity contribution in [3.8, 4) is 28.7 Å². The maximum atomic E-state index is 6.81. The molecule has 2 aliphatic rings. The van der Waals surface area contributed by atoms with Crippen LogP contribution in [0.4, 0.5) is 0 Å². The highest BCUT2D eigenvalue weighted by molar-refractivity contribution is 7.27. The highest BCUT2D eigenvalue weighted by Crippen LogP contribution is 2.51. The van der Waals surface area contributed by atoms with Crippen molar-refractivity contribution in [3.05, 3.63) is 133 Å². The van der Waals surface area contributed by atoms with Crippen LogP contribution in [0.25, 0.3) is 69.6 Å². The van der Waals surface area contributed by atoms with Crippen LogP contribution in [0.2, 0.25) is 0 Å². The van der Waals surface area contributed by atoms with Crippen LogP contribution in [0.5, 0.6) is 23.0 Å². The summed E-state index contributed by atoms with van der Waals surface area (Å²) in [5.74, 6) is 3.41. The minimum Gasteiger partial charge on any atom is -0.458 e. The van der Waals surface area contributed by atoms with Crippen LogP contribution in [0.1, 0.15) is 0 Å². The third-order valence-electron chi connectivity index (χ3n) is 10.3. The fourth-order valence-electron chi connectivity index (χ4n) is 8.39. The number of fused-ring (bicyclic) bond motifs is 16. The molecule has 0 amide bonds. The fraction of sp³-hybridized carbons (Fsp3) is 0. The van der Waals surface area contributed by atoms with E-state index in [0.717, 1.165) is 83.4 Å². The summed E-state index contributed by atoms with van der Waals surface area (Å²) in [7, 11) is 0. The molecule has 6 heteroatoms. The first kappa shape index (κ1) is 25.2. The Bertz CT molecular complexity index is 2940. The molecule has 0 saturated carbocycles. The molecule has 10 aromatic rings. The summed E-state index contributed by atoms with van der Waals surface area (Å²) >= 11 is 1.84. The standard InChI is InChI=1S/C42H22BNO3S/c1-6-16-29-24(11-1)36-40(37-26-13-3-10-20-35(26)48-42(37)38-25-12-2-7-17-30(25)47-41(36)38)44(29)23-21-33-39-34(22-23)46-32-19-9-5-15-28(32)43(39)27-14-4-8-18-31(27)45-33/h1-22H. The molecule has 5 heterocycles. The van der Waals surface area contributed by atoms with Gasteiger partial charge in [-0.25, -0.2) is 0 Å². The summed E-state index contributed by atoms with van der Waals surface area (Å²) in [5, 5.41) is 7.08. The van der Waals surface area contributed by atoms with Crippen LogP contribution >= 0.6 is 11.3 Å². The molecule has 0 atom stereocenters. The highest BCUT2D eigenvalue weighted by Gasteiger charge is 2.40. The van der Waals surface area contributed by atoms with Crippen molar-refractivity contribution in [3.63, 3.8) is 0 Å². The monoisotopic (exact) mass is 631 g/mol. The summed E-state index contributed by atoms with van der Waals surface area (Å²) in [6.07, 6.45) is 0. The lowest BCUT2D eigenvalue weighted by Gasteiger charge is -2.33. The van der Waals surface area contributed by atoms with Crippen LogP contribution in [0, 0.1) is 0 Å². The topological polar surface area (TPSA) is 36.5 Å². The van der Waals surface area contributed by atoms with E-state index in [2.05, 4.69) is 126 Å². The first-order valence-corrected chi connectivity index (χ1v) is 17.0. The molecular formula is C42H22BNO3S. The quantitative estimate of drug-likeness (QED) is 0.169. The van der Waals surface area contributed by atoms with Crippen LogP contribution in [0.15, 0.2) is 138 Å². The fourth-order valence-corrected chi connectivity index (χ4v) is 9.65. The van der Waals surface area contributed by atoms with Crippen LogP contribution in [-0.2, 0) is 0 Å². The minimum atomic E-state index is 0.0276. The second-order valence-corrected chi connectivity index (χ2v) is 13.8. The van der Waals surface area contributed by atoms with Gasteiger partial charge in [0.2, 0.25) is 0 Å². The normalized spacial score (nSPS) is 13.3. The lowest BCUT2D eigenvalue weighted by molar-refractivity contribution is 0.464. The van der Waals surface area contributed by atoms with E-state index in [9.17, 15) is 0 Å². The van der Waals surface area contributed by atoms with Gasteiger partial charge in [-0.05, 0) is 41.3 Å². The van der Waals surface area contributed by atoms with Crippen LogP contribution in [-0.4, -0.2) is 11.3 Å². The molecule has 7 aromatic carbocycles. The number of rotatable bonds is 1. The number of para-hydroxylation sites is 4. The third-order valence-corrected chi connectivity index (χ3v) is 11.5. The van der Waals surface area contributed by atoms with Gasteiger partial charge in [0.05, 0.1) is 22.1 Å². The van der Waals surface area contributed by atoms with Crippen molar-refractivity contribution in [2.75, 3.05) is 0 Å². The SMILES string of the molecule is c1ccc2c(c1)Oc1cc(-n3c4ccccc4c4c5oc6ccccc6c5c5sc6ccccc6c5c43)cc3c1B2c1ccccc1O3. The second kappa shape index (κ2) is 8.88. The molecule has 0 radical (unpaired) electrons. The number of benzene rings is 7. The van der Waals surface area contributed by atoms with Gasteiger partial charge in [-0.15, -0.1) is 11.3 Å². The van der Waals surface area contributed by atoms with Gasteiger partial charge in [0.25, 0.3) is 6.71 Å². The van der Waals surface area contributed by atoms with E-state index in [-0.39, 0.29) is 6.71 Å². The first-order valence-electron chi connectivity index (χ1n) is 16.2. The Labute approximate surface area is 278 Å². The summed E-state index contributed by atoms with van der Waals surface area (Å²) in [4.78, 5) is 0. The van der Waals surface area contributed by atoms with E-state index in [1.165, 1.54) is 25.6 Å². The summed E-state index contributed by atoms with van der Waals surface area (Å²) < 4.78 is 25.2. The van der Waals surface area contributed by atoms with E-state index in [1.807, 2.05) is 23.5 Å². The van der Waals surface area contributed by atoms with Crippen molar-refractivity contribution in [2.45, 2.75) is 0 Å². The van der Waals surface area contributed by atoms with Gasteiger partial charge in [-0.2, -0.15) is 0 Å². The molecule has 222 valence electrons.